The maximum absolute atomic E-state index is 12.1. The number of nitrogens with one attached hydrogen (secondary N) is 3. The number of hydrogen-bond donors (Lipinski definition) is 3. The van der Waals surface area contributed by atoms with Crippen LogP contribution < -0.4 is 16.6 Å². The van der Waals surface area contributed by atoms with Crippen LogP contribution in [0.25, 0.3) is 11.2 Å². The summed E-state index contributed by atoms with van der Waals surface area (Å²) >= 11 is 0. The molecule has 3 rings (SSSR count). The maximum Gasteiger partial charge on any atom is 0.330 e. The molecule has 0 radical (unpaired) electrons. The van der Waals surface area contributed by atoms with Crippen molar-refractivity contribution in [1.82, 2.24) is 19.5 Å². The first-order valence-corrected chi connectivity index (χ1v) is 8.56. The van der Waals surface area contributed by atoms with Crippen LogP contribution in [0.1, 0.15) is 38.1 Å². The van der Waals surface area contributed by atoms with Crippen molar-refractivity contribution in [2.45, 2.75) is 39.7 Å². The van der Waals surface area contributed by atoms with Crippen LogP contribution in [-0.4, -0.2) is 25.4 Å². The lowest BCUT2D eigenvalue weighted by Gasteiger charge is -2.04. The Labute approximate surface area is 149 Å². The number of aromatic nitrogens is 4. The monoisotopic (exact) mass is 355 g/mol. The molecule has 1 amide bonds. The number of nitrogens with zero attached hydrogens (tertiary/aromatic N) is 2. The highest BCUT2D eigenvalue weighted by atomic mass is 16.2. The third-order valence-electron chi connectivity index (χ3n) is 4.06. The van der Waals surface area contributed by atoms with Crippen LogP contribution >= 0.6 is 0 Å². The fourth-order valence-electron chi connectivity index (χ4n) is 2.80. The molecule has 0 saturated heterocycles. The van der Waals surface area contributed by atoms with E-state index >= 15 is 0 Å². The Morgan fingerprint density at radius 3 is 2.58 bits per heavy atom. The molecule has 0 fully saturated rings. The topological polar surface area (TPSA) is 113 Å². The molecule has 1 aromatic carbocycles. The molecule has 0 aliphatic carbocycles. The van der Waals surface area contributed by atoms with E-state index in [9.17, 15) is 14.4 Å². The average Bonchev–Trinajstić information content (AvgIpc) is 3.00. The zero-order valence-corrected chi connectivity index (χ0v) is 14.8. The van der Waals surface area contributed by atoms with E-state index in [2.05, 4.69) is 20.3 Å². The standard InChI is InChI=1S/C18H21N5O3/c1-3-4-9-23-16-15(17(25)22-18(23)26)20-14(21-16)10-12-5-7-13(8-6-12)19-11(2)24/h5-8H,3-4,9-10H2,1-2H3,(H,19,24)(H,20,21)(H,22,25,26). The van der Waals surface area contributed by atoms with E-state index in [1.54, 1.807) is 0 Å². The van der Waals surface area contributed by atoms with Crippen LogP contribution in [0.5, 0.6) is 0 Å². The number of aromatic amines is 2. The Morgan fingerprint density at radius 2 is 1.92 bits per heavy atom. The van der Waals surface area contributed by atoms with Crippen molar-refractivity contribution in [3.63, 3.8) is 0 Å². The van der Waals surface area contributed by atoms with Gasteiger partial charge in [-0.05, 0) is 24.1 Å². The van der Waals surface area contributed by atoms with Crippen LogP contribution in [0.15, 0.2) is 33.9 Å². The molecule has 0 aliphatic rings. The number of carbonyl (C=O) groups is 1. The van der Waals surface area contributed by atoms with Crippen molar-refractivity contribution in [3.05, 3.63) is 56.5 Å². The maximum atomic E-state index is 12.1. The lowest BCUT2D eigenvalue weighted by Crippen LogP contribution is -2.30. The van der Waals surface area contributed by atoms with Gasteiger partial charge in [-0.3, -0.25) is 19.1 Å². The normalized spacial score (nSPS) is 11.0. The molecule has 0 bridgehead atoms. The summed E-state index contributed by atoms with van der Waals surface area (Å²) in [6, 6.07) is 7.38. The second-order valence-corrected chi connectivity index (χ2v) is 6.20. The summed E-state index contributed by atoms with van der Waals surface area (Å²) in [5.41, 5.74) is 1.49. The highest BCUT2D eigenvalue weighted by Gasteiger charge is 2.13. The number of hydrogen-bond acceptors (Lipinski definition) is 4. The number of amides is 1. The SMILES string of the molecule is CCCCn1c(=O)[nH]c(=O)c2[nH]c(Cc3ccc(NC(C)=O)cc3)nc21. The highest BCUT2D eigenvalue weighted by Crippen LogP contribution is 2.14. The molecule has 0 aliphatic heterocycles. The summed E-state index contributed by atoms with van der Waals surface area (Å²) in [6.07, 6.45) is 2.25. The van der Waals surface area contributed by atoms with Crippen molar-refractivity contribution in [2.75, 3.05) is 5.32 Å². The minimum Gasteiger partial charge on any atom is -0.336 e. The van der Waals surface area contributed by atoms with Crippen molar-refractivity contribution in [2.24, 2.45) is 0 Å². The highest BCUT2D eigenvalue weighted by molar-refractivity contribution is 5.88. The van der Waals surface area contributed by atoms with Crippen molar-refractivity contribution in [3.8, 4) is 0 Å². The van der Waals surface area contributed by atoms with Gasteiger partial charge in [0.1, 0.15) is 11.3 Å². The first-order chi connectivity index (χ1) is 12.5. The van der Waals surface area contributed by atoms with Gasteiger partial charge >= 0.3 is 5.69 Å². The van der Waals surface area contributed by atoms with Crippen LogP contribution in [0, 0.1) is 0 Å². The van der Waals surface area contributed by atoms with E-state index in [1.807, 2.05) is 31.2 Å². The molecule has 136 valence electrons. The molecule has 3 N–H and O–H groups in total. The number of imidazole rings is 1. The summed E-state index contributed by atoms with van der Waals surface area (Å²) in [5, 5.41) is 2.71. The van der Waals surface area contributed by atoms with E-state index in [1.165, 1.54) is 11.5 Å². The zero-order valence-electron chi connectivity index (χ0n) is 14.8. The van der Waals surface area contributed by atoms with Gasteiger partial charge in [-0.1, -0.05) is 25.5 Å². The molecule has 26 heavy (non-hydrogen) atoms. The third kappa shape index (κ3) is 3.74. The fourth-order valence-corrected chi connectivity index (χ4v) is 2.80. The fraction of sp³-hybridized carbons (Fsp3) is 0.333. The number of rotatable bonds is 6. The first-order valence-electron chi connectivity index (χ1n) is 8.56. The average molecular weight is 355 g/mol. The van der Waals surface area contributed by atoms with Gasteiger partial charge in [-0.15, -0.1) is 0 Å². The first kappa shape index (κ1) is 17.7. The van der Waals surface area contributed by atoms with Gasteiger partial charge in [0, 0.05) is 25.6 Å². The van der Waals surface area contributed by atoms with Crippen molar-refractivity contribution < 1.29 is 4.79 Å². The van der Waals surface area contributed by atoms with Crippen molar-refractivity contribution in [1.29, 1.82) is 0 Å². The van der Waals surface area contributed by atoms with Crippen LogP contribution in [0.3, 0.4) is 0 Å². The third-order valence-corrected chi connectivity index (χ3v) is 4.06. The van der Waals surface area contributed by atoms with E-state index in [4.69, 9.17) is 0 Å². The number of anilines is 1. The van der Waals surface area contributed by atoms with Crippen LogP contribution in [-0.2, 0) is 17.8 Å². The largest absolute Gasteiger partial charge is 0.336 e. The smallest absolute Gasteiger partial charge is 0.330 e. The Kier molecular flexibility index (Phi) is 5.01. The van der Waals surface area contributed by atoms with Crippen molar-refractivity contribution >= 4 is 22.8 Å². The summed E-state index contributed by atoms with van der Waals surface area (Å²) in [5.74, 6) is 0.480. The molecule has 0 unspecified atom stereocenters. The Hall–Kier alpha value is -3.16. The van der Waals surface area contributed by atoms with E-state index in [0.29, 0.717) is 30.0 Å². The van der Waals surface area contributed by atoms with E-state index in [-0.39, 0.29) is 5.91 Å². The van der Waals surface area contributed by atoms with Gasteiger partial charge in [0.2, 0.25) is 5.91 Å². The molecule has 0 saturated carbocycles. The second-order valence-electron chi connectivity index (χ2n) is 6.20. The molecule has 3 aromatic rings. The van der Waals surface area contributed by atoms with Crippen LogP contribution in [0.2, 0.25) is 0 Å². The van der Waals surface area contributed by atoms with Gasteiger partial charge in [0.25, 0.3) is 5.56 Å². The lowest BCUT2D eigenvalue weighted by molar-refractivity contribution is -0.114. The Bertz CT molecular complexity index is 1040. The molecule has 2 heterocycles. The molecule has 8 heteroatoms. The van der Waals surface area contributed by atoms with Gasteiger partial charge in [0.05, 0.1) is 0 Å². The summed E-state index contributed by atoms with van der Waals surface area (Å²) < 4.78 is 1.50. The van der Waals surface area contributed by atoms with E-state index in [0.717, 1.165) is 24.1 Å². The predicted molar refractivity (Wildman–Crippen MR) is 99.4 cm³/mol. The molecular weight excluding hydrogens is 334 g/mol. The predicted octanol–water partition coefficient (Wildman–Crippen LogP) is 1.76. The number of fused-ring (bicyclic) bond motifs is 1. The van der Waals surface area contributed by atoms with E-state index < -0.39 is 11.2 Å². The van der Waals surface area contributed by atoms with Gasteiger partial charge in [0.15, 0.2) is 5.65 Å². The summed E-state index contributed by atoms with van der Waals surface area (Å²) in [7, 11) is 0. The minimum atomic E-state index is -0.461. The number of carbonyl (C=O) groups excluding carboxylic acids is 1. The second kappa shape index (κ2) is 7.38. The van der Waals surface area contributed by atoms with Gasteiger partial charge in [-0.2, -0.15) is 0 Å². The van der Waals surface area contributed by atoms with Gasteiger partial charge in [-0.25, -0.2) is 9.78 Å². The zero-order chi connectivity index (χ0) is 18.7. The Balaban J connectivity index is 1.91. The summed E-state index contributed by atoms with van der Waals surface area (Å²) in [6.45, 7) is 4.00. The molecule has 0 spiro atoms. The molecular formula is C18H21N5O3. The molecule has 2 aromatic heterocycles. The lowest BCUT2D eigenvalue weighted by atomic mass is 10.1. The van der Waals surface area contributed by atoms with Gasteiger partial charge < -0.3 is 10.3 Å². The summed E-state index contributed by atoms with van der Waals surface area (Å²) in [4.78, 5) is 45.0. The minimum absolute atomic E-state index is 0.126. The number of benzene rings is 1. The number of aryl methyl sites for hydroxylation is 1. The molecule has 8 nitrogen and oxygen atoms in total. The number of H-pyrrole nitrogens is 2. The number of unbranched alkanes of at least 4 members (excludes halogenated alkanes) is 1. The Morgan fingerprint density at radius 1 is 1.19 bits per heavy atom. The van der Waals surface area contributed by atoms with Crippen LogP contribution in [0.4, 0.5) is 5.69 Å². The molecule has 0 atom stereocenters. The quantitative estimate of drug-likeness (QED) is 0.625.